The summed E-state index contributed by atoms with van der Waals surface area (Å²) in [5, 5.41) is 0. The summed E-state index contributed by atoms with van der Waals surface area (Å²) >= 11 is 1.33. The summed E-state index contributed by atoms with van der Waals surface area (Å²) in [5.41, 5.74) is -1.63. The van der Waals surface area contributed by atoms with E-state index < -0.39 is 44.8 Å². The Hall–Kier alpha value is -1.81. The third-order valence-corrected chi connectivity index (χ3v) is 4.93. The van der Waals surface area contributed by atoms with Crippen molar-refractivity contribution in [3.63, 3.8) is 0 Å². The van der Waals surface area contributed by atoms with E-state index in [1.165, 1.54) is 28.6 Å². The molecular formula is C13H8F5NO2S2. The Bertz CT molecular complexity index is 825. The second kappa shape index (κ2) is 6.36. The molecule has 0 saturated carbocycles. The summed E-state index contributed by atoms with van der Waals surface area (Å²) in [6, 6.07) is 5.13. The molecule has 0 aromatic heterocycles. The van der Waals surface area contributed by atoms with Crippen LogP contribution in [0.25, 0.3) is 0 Å². The van der Waals surface area contributed by atoms with Crippen LogP contribution in [0.3, 0.4) is 0 Å². The lowest BCUT2D eigenvalue weighted by Crippen LogP contribution is -2.17. The molecule has 3 nitrogen and oxygen atoms in total. The maximum absolute atomic E-state index is 13.5. The van der Waals surface area contributed by atoms with Gasteiger partial charge in [-0.05, 0) is 30.5 Å². The summed E-state index contributed by atoms with van der Waals surface area (Å²) in [6.45, 7) is 0. The van der Waals surface area contributed by atoms with Crippen LogP contribution in [0.4, 0.5) is 27.6 Å². The second-order valence-electron chi connectivity index (χ2n) is 4.23. The summed E-state index contributed by atoms with van der Waals surface area (Å²) in [5.74, 6) is -11.4. The smallest absolute Gasteiger partial charge is 0.262 e. The van der Waals surface area contributed by atoms with Crippen molar-refractivity contribution in [3.8, 4) is 0 Å². The van der Waals surface area contributed by atoms with Crippen molar-refractivity contribution in [2.75, 3.05) is 11.0 Å². The molecule has 10 heteroatoms. The van der Waals surface area contributed by atoms with Gasteiger partial charge in [-0.1, -0.05) is 0 Å². The molecule has 0 heterocycles. The van der Waals surface area contributed by atoms with Crippen LogP contribution in [0.15, 0.2) is 34.1 Å². The Morgan fingerprint density at radius 1 is 0.826 bits per heavy atom. The van der Waals surface area contributed by atoms with Gasteiger partial charge in [0, 0.05) is 4.90 Å². The molecule has 0 unspecified atom stereocenters. The number of benzene rings is 2. The molecule has 0 atom stereocenters. The van der Waals surface area contributed by atoms with Gasteiger partial charge in [0.15, 0.2) is 23.3 Å². The minimum absolute atomic E-state index is 0.390. The lowest BCUT2D eigenvalue weighted by atomic mass is 10.2. The zero-order valence-corrected chi connectivity index (χ0v) is 13.0. The number of thioether (sulfide) groups is 1. The minimum Gasteiger partial charge on any atom is -0.274 e. The maximum atomic E-state index is 13.5. The van der Waals surface area contributed by atoms with Crippen molar-refractivity contribution in [2.45, 2.75) is 9.79 Å². The third kappa shape index (κ3) is 3.27. The summed E-state index contributed by atoms with van der Waals surface area (Å²) in [7, 11) is -4.52. The van der Waals surface area contributed by atoms with Crippen LogP contribution < -0.4 is 4.72 Å². The van der Waals surface area contributed by atoms with Crippen molar-refractivity contribution in [1.29, 1.82) is 0 Å². The largest absolute Gasteiger partial charge is 0.274 e. The van der Waals surface area contributed by atoms with E-state index in [0.29, 0.717) is 0 Å². The fourth-order valence-electron chi connectivity index (χ4n) is 1.64. The average Bonchev–Trinajstić information content (AvgIpc) is 2.55. The topological polar surface area (TPSA) is 46.2 Å². The van der Waals surface area contributed by atoms with Crippen LogP contribution >= 0.6 is 11.8 Å². The fraction of sp³-hybridized carbons (Fsp3) is 0.0769. The molecular weight excluding hydrogens is 361 g/mol. The molecule has 0 radical (unpaired) electrons. The number of hydrogen-bond donors (Lipinski definition) is 1. The van der Waals surface area contributed by atoms with E-state index in [1.54, 1.807) is 6.26 Å². The molecule has 0 aliphatic rings. The summed E-state index contributed by atoms with van der Waals surface area (Å²) in [6.07, 6.45) is 1.75. The second-order valence-corrected chi connectivity index (χ2v) is 6.79. The van der Waals surface area contributed by atoms with Gasteiger partial charge in [-0.15, -0.1) is 11.8 Å². The molecule has 23 heavy (non-hydrogen) atoms. The van der Waals surface area contributed by atoms with Crippen molar-refractivity contribution >= 4 is 27.5 Å². The molecule has 0 saturated heterocycles. The highest BCUT2D eigenvalue weighted by atomic mass is 32.2. The maximum Gasteiger partial charge on any atom is 0.262 e. The van der Waals surface area contributed by atoms with E-state index in [9.17, 15) is 30.4 Å². The van der Waals surface area contributed by atoms with Gasteiger partial charge >= 0.3 is 0 Å². The predicted molar refractivity (Wildman–Crippen MR) is 75.3 cm³/mol. The minimum atomic E-state index is -4.52. The molecule has 2 rings (SSSR count). The van der Waals surface area contributed by atoms with Gasteiger partial charge < -0.3 is 0 Å². The Morgan fingerprint density at radius 2 is 1.26 bits per heavy atom. The molecule has 0 spiro atoms. The van der Waals surface area contributed by atoms with E-state index in [2.05, 4.69) is 0 Å². The van der Waals surface area contributed by atoms with Crippen LogP contribution in [0, 0.1) is 29.1 Å². The van der Waals surface area contributed by atoms with Crippen LogP contribution in [0.1, 0.15) is 0 Å². The number of halogens is 5. The van der Waals surface area contributed by atoms with E-state index in [0.717, 1.165) is 17.0 Å². The monoisotopic (exact) mass is 369 g/mol. The number of hydrogen-bond acceptors (Lipinski definition) is 3. The third-order valence-electron chi connectivity index (χ3n) is 2.82. The normalized spacial score (nSPS) is 11.6. The van der Waals surface area contributed by atoms with Crippen LogP contribution in [-0.2, 0) is 10.0 Å². The van der Waals surface area contributed by atoms with E-state index in [-0.39, 0.29) is 4.90 Å². The average molecular weight is 369 g/mol. The van der Waals surface area contributed by atoms with Crippen LogP contribution in [0.5, 0.6) is 0 Å². The molecule has 0 aliphatic carbocycles. The first-order valence-electron chi connectivity index (χ1n) is 5.87. The van der Waals surface area contributed by atoms with Gasteiger partial charge in [-0.3, -0.25) is 4.72 Å². The van der Waals surface area contributed by atoms with Crippen molar-refractivity contribution < 1.29 is 30.4 Å². The molecule has 2 aromatic rings. The number of anilines is 1. The molecule has 0 aliphatic heterocycles. The Morgan fingerprint density at radius 3 is 1.70 bits per heavy atom. The van der Waals surface area contributed by atoms with Crippen LogP contribution in [-0.4, -0.2) is 14.7 Å². The number of sulfonamides is 1. The van der Waals surface area contributed by atoms with Gasteiger partial charge in [-0.2, -0.15) is 0 Å². The zero-order chi connectivity index (χ0) is 17.4. The predicted octanol–water partition coefficient (Wildman–Crippen LogP) is 3.90. The van der Waals surface area contributed by atoms with Gasteiger partial charge in [0.1, 0.15) is 5.69 Å². The molecule has 2 aromatic carbocycles. The van der Waals surface area contributed by atoms with Crippen molar-refractivity contribution in [3.05, 3.63) is 53.4 Å². The highest BCUT2D eigenvalue weighted by Gasteiger charge is 2.28. The van der Waals surface area contributed by atoms with E-state index in [1.807, 2.05) is 0 Å². The Labute approximate surface area is 132 Å². The van der Waals surface area contributed by atoms with Gasteiger partial charge in [-0.25, -0.2) is 30.4 Å². The zero-order valence-electron chi connectivity index (χ0n) is 11.3. The van der Waals surface area contributed by atoms with E-state index in [4.69, 9.17) is 0 Å². The fourth-order valence-corrected chi connectivity index (χ4v) is 3.11. The SMILES string of the molecule is CSc1ccc(S(=O)(=O)Nc2c(F)c(F)c(F)c(F)c2F)cc1. The summed E-state index contributed by atoms with van der Waals surface area (Å²) in [4.78, 5) is 0.333. The van der Waals surface area contributed by atoms with Crippen molar-refractivity contribution in [1.82, 2.24) is 0 Å². The van der Waals surface area contributed by atoms with Crippen molar-refractivity contribution in [2.24, 2.45) is 0 Å². The van der Waals surface area contributed by atoms with Gasteiger partial charge in [0.05, 0.1) is 4.90 Å². The Balaban J connectivity index is 2.49. The molecule has 124 valence electrons. The van der Waals surface area contributed by atoms with Crippen LogP contribution in [0.2, 0.25) is 0 Å². The first-order chi connectivity index (χ1) is 10.7. The first-order valence-corrected chi connectivity index (χ1v) is 8.58. The Kier molecular flexibility index (Phi) is 4.85. The van der Waals surface area contributed by atoms with Gasteiger partial charge in [0.25, 0.3) is 10.0 Å². The van der Waals surface area contributed by atoms with E-state index >= 15 is 0 Å². The number of rotatable bonds is 4. The quantitative estimate of drug-likeness (QED) is 0.385. The summed E-state index contributed by atoms with van der Waals surface area (Å²) < 4.78 is 91.6. The highest BCUT2D eigenvalue weighted by Crippen LogP contribution is 2.29. The highest BCUT2D eigenvalue weighted by molar-refractivity contribution is 7.98. The van der Waals surface area contributed by atoms with Gasteiger partial charge in [0.2, 0.25) is 5.82 Å². The lowest BCUT2D eigenvalue weighted by molar-refractivity contribution is 0.382. The lowest BCUT2D eigenvalue weighted by Gasteiger charge is -2.11. The number of nitrogens with one attached hydrogen (secondary N) is 1. The first kappa shape index (κ1) is 17.5. The molecule has 0 amide bonds. The molecule has 0 bridgehead atoms. The molecule has 0 fully saturated rings. The molecule has 1 N–H and O–H groups in total. The standard InChI is InChI=1S/C13H8F5NO2S2/c1-22-6-2-4-7(5-3-6)23(20,21)19-13-11(17)9(15)8(14)10(16)12(13)18/h2-5,19H,1H3.